The van der Waals surface area contributed by atoms with Gasteiger partial charge in [0.15, 0.2) is 5.76 Å². The molecule has 0 radical (unpaired) electrons. The fourth-order valence-corrected chi connectivity index (χ4v) is 4.87. The van der Waals surface area contributed by atoms with Gasteiger partial charge in [-0.3, -0.25) is 4.90 Å². The van der Waals surface area contributed by atoms with E-state index in [4.69, 9.17) is 4.52 Å². The largest absolute Gasteiger partial charge is 0.573 e. The van der Waals surface area contributed by atoms with Crippen molar-refractivity contribution in [1.29, 1.82) is 0 Å². The van der Waals surface area contributed by atoms with Crippen LogP contribution in [0.2, 0.25) is 0 Å². The zero-order chi connectivity index (χ0) is 20.5. The van der Waals surface area contributed by atoms with E-state index in [0.29, 0.717) is 38.4 Å². The first-order valence-electron chi connectivity index (χ1n) is 8.56. The van der Waals surface area contributed by atoms with Crippen LogP contribution in [0.25, 0.3) is 0 Å². The highest BCUT2D eigenvalue weighted by molar-refractivity contribution is 7.89. The number of piperazine rings is 1. The number of benzene rings is 1. The maximum absolute atomic E-state index is 12.8. The Hall–Kier alpha value is -2.11. The van der Waals surface area contributed by atoms with E-state index in [-0.39, 0.29) is 16.4 Å². The van der Waals surface area contributed by atoms with Crippen LogP contribution in [0.4, 0.5) is 13.2 Å². The minimum absolute atomic E-state index is 0.112. The number of hydrogen-bond acceptors (Lipinski definition) is 6. The highest BCUT2D eigenvalue weighted by atomic mass is 32.2. The van der Waals surface area contributed by atoms with Gasteiger partial charge in [0.1, 0.15) is 16.3 Å². The molecular formula is C17H20F3N3O4S. The van der Waals surface area contributed by atoms with Gasteiger partial charge in [-0.25, -0.2) is 8.42 Å². The number of halogens is 3. The summed E-state index contributed by atoms with van der Waals surface area (Å²) >= 11 is 0. The van der Waals surface area contributed by atoms with Crippen molar-refractivity contribution < 1.29 is 30.8 Å². The fraction of sp³-hybridized carbons (Fsp3) is 0.471. The average molecular weight is 419 g/mol. The van der Waals surface area contributed by atoms with Crippen molar-refractivity contribution in [2.24, 2.45) is 0 Å². The van der Waals surface area contributed by atoms with Gasteiger partial charge in [-0.05, 0) is 31.5 Å². The van der Waals surface area contributed by atoms with E-state index in [2.05, 4.69) is 9.89 Å². The zero-order valence-electron chi connectivity index (χ0n) is 15.4. The van der Waals surface area contributed by atoms with Crippen LogP contribution in [-0.4, -0.2) is 55.3 Å². The average Bonchev–Trinajstić information content (AvgIpc) is 2.95. The summed E-state index contributed by atoms with van der Waals surface area (Å²) in [6.07, 6.45) is -4.72. The number of rotatable bonds is 5. The molecule has 28 heavy (non-hydrogen) atoms. The Morgan fingerprint density at radius 2 is 1.71 bits per heavy atom. The maximum Gasteiger partial charge on any atom is 0.573 e. The lowest BCUT2D eigenvalue weighted by Gasteiger charge is -2.33. The van der Waals surface area contributed by atoms with Gasteiger partial charge in [0, 0.05) is 32.7 Å². The Balaban J connectivity index is 1.59. The number of ether oxygens (including phenoxy) is 1. The van der Waals surface area contributed by atoms with E-state index in [1.54, 1.807) is 26.0 Å². The number of aromatic nitrogens is 1. The van der Waals surface area contributed by atoms with Gasteiger partial charge in [0.2, 0.25) is 10.0 Å². The third-order valence-electron chi connectivity index (χ3n) is 4.46. The molecule has 154 valence electrons. The second-order valence-corrected chi connectivity index (χ2v) is 8.40. The molecule has 1 fully saturated rings. The standard InChI is InChI=1S/C17H20F3N3O4S/c1-12-16(13(2)27-21-12)28(24,25)23-9-7-22(8-10-23)11-14-3-5-15(6-4-14)26-17(18,19)20/h3-6H,7-11H2,1-2H3. The summed E-state index contributed by atoms with van der Waals surface area (Å²) in [6.45, 7) is 5.28. The summed E-state index contributed by atoms with van der Waals surface area (Å²) in [4.78, 5) is 2.15. The SMILES string of the molecule is Cc1noc(C)c1S(=O)(=O)N1CCN(Cc2ccc(OC(F)(F)F)cc2)CC1. The van der Waals surface area contributed by atoms with Crippen LogP contribution in [0.5, 0.6) is 5.75 Å². The summed E-state index contributed by atoms with van der Waals surface area (Å²) in [6, 6.07) is 5.66. The molecular weight excluding hydrogens is 399 g/mol. The van der Waals surface area contributed by atoms with Crippen LogP contribution in [-0.2, 0) is 16.6 Å². The minimum Gasteiger partial charge on any atom is -0.406 e. The molecule has 0 aliphatic carbocycles. The van der Waals surface area contributed by atoms with E-state index < -0.39 is 16.4 Å². The van der Waals surface area contributed by atoms with Crippen molar-refractivity contribution >= 4 is 10.0 Å². The summed E-state index contributed by atoms with van der Waals surface area (Å²) in [5, 5.41) is 3.71. The zero-order valence-corrected chi connectivity index (χ0v) is 16.2. The smallest absolute Gasteiger partial charge is 0.406 e. The highest BCUT2D eigenvalue weighted by Crippen LogP contribution is 2.25. The van der Waals surface area contributed by atoms with Gasteiger partial charge in [-0.2, -0.15) is 4.31 Å². The molecule has 0 amide bonds. The topological polar surface area (TPSA) is 75.9 Å². The maximum atomic E-state index is 12.8. The summed E-state index contributed by atoms with van der Waals surface area (Å²) in [5.74, 6) is -0.00674. The summed E-state index contributed by atoms with van der Waals surface area (Å²) in [7, 11) is -3.67. The van der Waals surface area contributed by atoms with E-state index in [0.717, 1.165) is 5.56 Å². The summed E-state index contributed by atoms with van der Waals surface area (Å²) < 4.78 is 72.5. The van der Waals surface area contributed by atoms with Gasteiger partial charge >= 0.3 is 6.36 Å². The Morgan fingerprint density at radius 1 is 1.11 bits per heavy atom. The Morgan fingerprint density at radius 3 is 2.21 bits per heavy atom. The monoisotopic (exact) mass is 419 g/mol. The second kappa shape index (κ2) is 7.72. The molecule has 0 spiro atoms. The lowest BCUT2D eigenvalue weighted by Crippen LogP contribution is -2.48. The lowest BCUT2D eigenvalue weighted by molar-refractivity contribution is -0.274. The molecule has 0 N–H and O–H groups in total. The third-order valence-corrected chi connectivity index (χ3v) is 6.60. The predicted octanol–water partition coefficient (Wildman–Crippen LogP) is 2.70. The number of alkyl halides is 3. The Kier molecular flexibility index (Phi) is 5.69. The quantitative estimate of drug-likeness (QED) is 0.742. The third kappa shape index (κ3) is 4.65. The fourth-order valence-electron chi connectivity index (χ4n) is 3.15. The first-order valence-corrected chi connectivity index (χ1v) is 10.0. The van der Waals surface area contributed by atoms with Crippen molar-refractivity contribution in [3.8, 4) is 5.75 Å². The lowest BCUT2D eigenvalue weighted by atomic mass is 10.2. The van der Waals surface area contributed by atoms with Gasteiger partial charge in [-0.1, -0.05) is 17.3 Å². The first kappa shape index (κ1) is 20.6. The van der Waals surface area contributed by atoms with Crippen molar-refractivity contribution in [2.45, 2.75) is 31.7 Å². The van der Waals surface area contributed by atoms with Gasteiger partial charge < -0.3 is 9.26 Å². The Labute approximate surface area is 160 Å². The van der Waals surface area contributed by atoms with Gasteiger partial charge in [-0.15, -0.1) is 13.2 Å². The van der Waals surface area contributed by atoms with Crippen molar-refractivity contribution in [2.75, 3.05) is 26.2 Å². The van der Waals surface area contributed by atoms with Crippen LogP contribution in [0, 0.1) is 13.8 Å². The van der Waals surface area contributed by atoms with E-state index in [1.807, 2.05) is 4.90 Å². The molecule has 0 saturated carbocycles. The predicted molar refractivity (Wildman–Crippen MR) is 93.1 cm³/mol. The number of nitrogens with zero attached hydrogens (tertiary/aromatic N) is 3. The van der Waals surface area contributed by atoms with Crippen LogP contribution < -0.4 is 4.74 Å². The molecule has 1 saturated heterocycles. The van der Waals surface area contributed by atoms with Gasteiger partial charge in [0.05, 0.1) is 0 Å². The first-order chi connectivity index (χ1) is 13.1. The molecule has 11 heteroatoms. The minimum atomic E-state index is -4.72. The number of sulfonamides is 1. The van der Waals surface area contributed by atoms with Crippen molar-refractivity contribution in [3.63, 3.8) is 0 Å². The molecule has 0 bridgehead atoms. The molecule has 0 unspecified atom stereocenters. The normalized spacial score (nSPS) is 17.0. The van der Waals surface area contributed by atoms with Gasteiger partial charge in [0.25, 0.3) is 0 Å². The van der Waals surface area contributed by atoms with Crippen LogP contribution in [0.1, 0.15) is 17.0 Å². The van der Waals surface area contributed by atoms with Crippen LogP contribution >= 0.6 is 0 Å². The van der Waals surface area contributed by atoms with E-state index >= 15 is 0 Å². The van der Waals surface area contributed by atoms with E-state index in [1.165, 1.54) is 16.4 Å². The molecule has 0 atom stereocenters. The van der Waals surface area contributed by atoms with Crippen molar-refractivity contribution in [1.82, 2.24) is 14.4 Å². The molecule has 3 rings (SSSR count). The molecule has 2 heterocycles. The molecule has 1 aliphatic heterocycles. The number of hydrogen-bond donors (Lipinski definition) is 0. The summed E-state index contributed by atoms with van der Waals surface area (Å²) in [5.41, 5.74) is 1.15. The van der Waals surface area contributed by atoms with Crippen LogP contribution in [0.15, 0.2) is 33.7 Å². The van der Waals surface area contributed by atoms with E-state index in [9.17, 15) is 21.6 Å². The van der Waals surface area contributed by atoms with Crippen LogP contribution in [0.3, 0.4) is 0 Å². The molecule has 7 nitrogen and oxygen atoms in total. The highest BCUT2D eigenvalue weighted by Gasteiger charge is 2.33. The molecule has 1 aromatic heterocycles. The second-order valence-electron chi connectivity index (χ2n) is 6.53. The molecule has 2 aromatic rings. The number of aryl methyl sites for hydroxylation is 2. The molecule has 1 aromatic carbocycles. The molecule has 1 aliphatic rings. The Bertz CT molecular complexity index is 899. The van der Waals surface area contributed by atoms with Crippen molar-refractivity contribution in [3.05, 3.63) is 41.3 Å².